The van der Waals surface area contributed by atoms with Gasteiger partial charge in [-0.1, -0.05) is 24.3 Å². The highest BCUT2D eigenvalue weighted by Crippen LogP contribution is 2.21. The van der Waals surface area contributed by atoms with Crippen LogP contribution in [-0.4, -0.2) is 13.1 Å². The van der Waals surface area contributed by atoms with Crippen LogP contribution in [0, 0.1) is 5.82 Å². The van der Waals surface area contributed by atoms with Gasteiger partial charge in [0.15, 0.2) is 0 Å². The van der Waals surface area contributed by atoms with Crippen LogP contribution < -0.4 is 4.74 Å². The number of hydrogen-bond donors (Lipinski definition) is 0. The molecule has 0 spiro atoms. The van der Waals surface area contributed by atoms with Crippen LogP contribution in [0.15, 0.2) is 48.5 Å². The summed E-state index contributed by atoms with van der Waals surface area (Å²) >= 11 is 0. The van der Waals surface area contributed by atoms with E-state index in [1.807, 2.05) is 12.1 Å². The van der Waals surface area contributed by atoms with Crippen molar-refractivity contribution in [2.75, 3.05) is 7.11 Å². The molecule has 3 nitrogen and oxygen atoms in total. The molecule has 4 heteroatoms. The van der Waals surface area contributed by atoms with Crippen molar-refractivity contribution in [1.82, 2.24) is 0 Å². The van der Waals surface area contributed by atoms with Gasteiger partial charge >= 0.3 is 5.97 Å². The Morgan fingerprint density at radius 2 is 1.71 bits per heavy atom. The van der Waals surface area contributed by atoms with E-state index in [0.717, 1.165) is 11.1 Å². The van der Waals surface area contributed by atoms with Crippen LogP contribution in [0.5, 0.6) is 5.75 Å². The average molecular weight is 288 g/mol. The molecule has 0 aliphatic carbocycles. The quantitative estimate of drug-likeness (QED) is 0.787. The minimum absolute atomic E-state index is 0.264. The first-order chi connectivity index (χ1) is 10.1. The lowest BCUT2D eigenvalue weighted by Crippen LogP contribution is -2.10. The molecule has 0 saturated carbocycles. The van der Waals surface area contributed by atoms with Crippen LogP contribution in [-0.2, 0) is 16.1 Å². The largest absolute Gasteiger partial charge is 0.489 e. The number of carbonyl (C=O) groups excluding carboxylic acids is 1. The van der Waals surface area contributed by atoms with E-state index >= 15 is 0 Å². The van der Waals surface area contributed by atoms with Gasteiger partial charge in [0.1, 0.15) is 18.2 Å². The highest BCUT2D eigenvalue weighted by atomic mass is 19.1. The molecule has 0 aromatic heterocycles. The molecule has 2 aromatic carbocycles. The fraction of sp³-hybridized carbons (Fsp3) is 0.235. The van der Waals surface area contributed by atoms with E-state index in [2.05, 4.69) is 0 Å². The van der Waals surface area contributed by atoms with Crippen molar-refractivity contribution in [1.29, 1.82) is 0 Å². The maximum atomic E-state index is 12.8. The molecule has 0 radical (unpaired) electrons. The van der Waals surface area contributed by atoms with Crippen molar-refractivity contribution >= 4 is 5.97 Å². The lowest BCUT2D eigenvalue weighted by Gasteiger charge is -2.11. The molecule has 0 N–H and O–H groups in total. The van der Waals surface area contributed by atoms with Crippen molar-refractivity contribution in [2.45, 2.75) is 19.4 Å². The van der Waals surface area contributed by atoms with E-state index in [-0.39, 0.29) is 17.7 Å². The lowest BCUT2D eigenvalue weighted by atomic mass is 10.0. The minimum Gasteiger partial charge on any atom is -0.489 e. The van der Waals surface area contributed by atoms with Gasteiger partial charge < -0.3 is 9.47 Å². The van der Waals surface area contributed by atoms with Crippen molar-refractivity contribution in [2.24, 2.45) is 0 Å². The summed E-state index contributed by atoms with van der Waals surface area (Å²) in [4.78, 5) is 11.5. The SMILES string of the molecule is COC(=O)C(C)c1ccc(OCc2ccc(F)cc2)cc1. The molecule has 0 aliphatic heterocycles. The van der Waals surface area contributed by atoms with Gasteiger partial charge in [-0.05, 0) is 42.3 Å². The molecule has 21 heavy (non-hydrogen) atoms. The second-order valence-corrected chi connectivity index (χ2v) is 4.73. The smallest absolute Gasteiger partial charge is 0.312 e. The first-order valence-corrected chi connectivity index (χ1v) is 6.65. The van der Waals surface area contributed by atoms with Gasteiger partial charge in [-0.3, -0.25) is 4.79 Å². The highest BCUT2D eigenvalue weighted by molar-refractivity contribution is 5.77. The Hall–Kier alpha value is -2.36. The van der Waals surface area contributed by atoms with Gasteiger partial charge in [-0.2, -0.15) is 0 Å². The Morgan fingerprint density at radius 1 is 1.10 bits per heavy atom. The summed E-state index contributed by atoms with van der Waals surface area (Å²) in [5, 5.41) is 0. The topological polar surface area (TPSA) is 35.5 Å². The van der Waals surface area contributed by atoms with Crippen LogP contribution in [0.1, 0.15) is 24.0 Å². The monoisotopic (exact) mass is 288 g/mol. The second kappa shape index (κ2) is 6.88. The molecule has 0 fully saturated rings. The molecule has 1 atom stereocenters. The lowest BCUT2D eigenvalue weighted by molar-refractivity contribution is -0.141. The van der Waals surface area contributed by atoms with E-state index < -0.39 is 0 Å². The van der Waals surface area contributed by atoms with Gasteiger partial charge in [-0.25, -0.2) is 4.39 Å². The Balaban J connectivity index is 1.96. The van der Waals surface area contributed by atoms with E-state index in [1.54, 1.807) is 31.2 Å². The van der Waals surface area contributed by atoms with Crippen molar-refractivity contribution in [3.05, 3.63) is 65.5 Å². The van der Waals surface area contributed by atoms with Crippen LogP contribution in [0.25, 0.3) is 0 Å². The maximum absolute atomic E-state index is 12.8. The Morgan fingerprint density at radius 3 is 2.29 bits per heavy atom. The van der Waals surface area contributed by atoms with E-state index in [4.69, 9.17) is 9.47 Å². The molecular weight excluding hydrogens is 271 g/mol. The number of hydrogen-bond acceptors (Lipinski definition) is 3. The molecule has 0 heterocycles. The third-order valence-electron chi connectivity index (χ3n) is 3.25. The first-order valence-electron chi connectivity index (χ1n) is 6.65. The number of halogens is 1. The Bertz CT molecular complexity index is 590. The summed E-state index contributed by atoms with van der Waals surface area (Å²) in [5.41, 5.74) is 1.76. The van der Waals surface area contributed by atoms with E-state index in [1.165, 1.54) is 19.2 Å². The first kappa shape index (κ1) is 15.0. The zero-order chi connectivity index (χ0) is 15.2. The fourth-order valence-electron chi connectivity index (χ4n) is 1.91. The molecule has 1 unspecified atom stereocenters. The minimum atomic E-state index is -0.304. The molecule has 0 saturated heterocycles. The third-order valence-corrected chi connectivity index (χ3v) is 3.25. The van der Waals surface area contributed by atoms with Crippen LogP contribution in [0.4, 0.5) is 4.39 Å². The maximum Gasteiger partial charge on any atom is 0.312 e. The predicted molar refractivity (Wildman–Crippen MR) is 77.6 cm³/mol. The van der Waals surface area contributed by atoms with E-state index in [9.17, 15) is 9.18 Å². The normalized spacial score (nSPS) is 11.8. The van der Waals surface area contributed by atoms with Gasteiger partial charge in [0.2, 0.25) is 0 Å². The molecule has 2 aromatic rings. The number of methoxy groups -OCH3 is 1. The second-order valence-electron chi connectivity index (χ2n) is 4.73. The van der Waals surface area contributed by atoms with Gasteiger partial charge in [0, 0.05) is 0 Å². The average Bonchev–Trinajstić information content (AvgIpc) is 2.53. The summed E-state index contributed by atoms with van der Waals surface area (Å²) < 4.78 is 23.1. The number of carbonyl (C=O) groups is 1. The number of benzene rings is 2. The number of ether oxygens (including phenoxy) is 2. The zero-order valence-corrected chi connectivity index (χ0v) is 12.0. The molecule has 0 bridgehead atoms. The van der Waals surface area contributed by atoms with Crippen molar-refractivity contribution in [3.63, 3.8) is 0 Å². The predicted octanol–water partition coefficient (Wildman–Crippen LogP) is 3.68. The molecule has 2 rings (SSSR count). The molecule has 110 valence electrons. The highest BCUT2D eigenvalue weighted by Gasteiger charge is 2.15. The summed E-state index contributed by atoms with van der Waals surface area (Å²) in [6.07, 6.45) is 0. The Labute approximate surface area is 123 Å². The zero-order valence-electron chi connectivity index (χ0n) is 12.0. The van der Waals surface area contributed by atoms with Crippen LogP contribution >= 0.6 is 0 Å². The van der Waals surface area contributed by atoms with E-state index in [0.29, 0.717) is 12.4 Å². The molecular formula is C17H17FO3. The number of esters is 1. The summed E-state index contributed by atoms with van der Waals surface area (Å²) in [7, 11) is 1.37. The molecule has 0 amide bonds. The standard InChI is InChI=1S/C17H17FO3/c1-12(17(19)20-2)14-5-9-16(10-6-14)21-11-13-3-7-15(18)8-4-13/h3-10,12H,11H2,1-2H3. The Kier molecular flexibility index (Phi) is 4.93. The van der Waals surface area contributed by atoms with Crippen molar-refractivity contribution < 1.29 is 18.7 Å². The third kappa shape index (κ3) is 4.05. The van der Waals surface area contributed by atoms with Crippen LogP contribution in [0.3, 0.4) is 0 Å². The summed E-state index contributed by atoms with van der Waals surface area (Å²) in [5.74, 6) is -0.142. The summed E-state index contributed by atoms with van der Waals surface area (Å²) in [6.45, 7) is 2.16. The summed E-state index contributed by atoms with van der Waals surface area (Å²) in [6, 6.07) is 13.4. The molecule has 0 aliphatic rings. The number of rotatable bonds is 5. The van der Waals surface area contributed by atoms with Crippen molar-refractivity contribution in [3.8, 4) is 5.75 Å². The fourth-order valence-corrected chi connectivity index (χ4v) is 1.91. The van der Waals surface area contributed by atoms with Gasteiger partial charge in [0.25, 0.3) is 0 Å². The van der Waals surface area contributed by atoms with Gasteiger partial charge in [-0.15, -0.1) is 0 Å². The van der Waals surface area contributed by atoms with Crippen LogP contribution in [0.2, 0.25) is 0 Å². The van der Waals surface area contributed by atoms with Gasteiger partial charge in [0.05, 0.1) is 13.0 Å².